The molecule has 1 atom stereocenters. The molecule has 0 aromatic carbocycles. The molecular formula is C7H15N3O. The summed E-state index contributed by atoms with van der Waals surface area (Å²) in [5, 5.41) is 5.91. The molecule has 0 spiro atoms. The van der Waals surface area contributed by atoms with Gasteiger partial charge in [-0.2, -0.15) is 0 Å². The van der Waals surface area contributed by atoms with E-state index in [-0.39, 0.29) is 0 Å². The number of urea groups is 1. The van der Waals surface area contributed by atoms with E-state index in [0.717, 1.165) is 13.0 Å². The Morgan fingerprint density at radius 1 is 1.73 bits per heavy atom. The fourth-order valence-electron chi connectivity index (χ4n) is 1.37. The zero-order valence-electron chi connectivity index (χ0n) is 6.60. The van der Waals surface area contributed by atoms with E-state index in [1.54, 1.807) is 0 Å². The van der Waals surface area contributed by atoms with Crippen LogP contribution in [0, 0.1) is 0 Å². The van der Waals surface area contributed by atoms with Crippen LogP contribution in [0.25, 0.3) is 0 Å². The van der Waals surface area contributed by atoms with Gasteiger partial charge >= 0.3 is 6.03 Å². The Balaban J connectivity index is 1.98. The maximum absolute atomic E-state index is 10.3. The minimum absolute atomic E-state index is 0.428. The number of primary amides is 1. The number of nitrogens with two attached hydrogens (primary N) is 1. The van der Waals surface area contributed by atoms with E-state index in [1.165, 1.54) is 12.8 Å². The smallest absolute Gasteiger partial charge is 0.312 e. The molecule has 0 aromatic heterocycles. The average molecular weight is 157 g/mol. The van der Waals surface area contributed by atoms with Gasteiger partial charge in [-0.15, -0.1) is 0 Å². The Bertz CT molecular complexity index is 132. The van der Waals surface area contributed by atoms with Crippen LogP contribution in [-0.2, 0) is 0 Å². The number of hydrogen-bond acceptors (Lipinski definition) is 2. The first-order valence-corrected chi connectivity index (χ1v) is 4.06. The van der Waals surface area contributed by atoms with Crippen molar-refractivity contribution in [1.82, 2.24) is 10.6 Å². The van der Waals surface area contributed by atoms with Crippen LogP contribution in [0.3, 0.4) is 0 Å². The Morgan fingerprint density at radius 3 is 3.09 bits per heavy atom. The van der Waals surface area contributed by atoms with Gasteiger partial charge in [-0.3, -0.25) is 0 Å². The second-order valence-electron chi connectivity index (χ2n) is 2.87. The molecule has 0 aliphatic carbocycles. The second-order valence-corrected chi connectivity index (χ2v) is 2.87. The standard InChI is InChI=1S/C7H15N3O/c8-7(11)10-5-3-6-2-1-4-9-6/h6,9H,1-5H2,(H3,8,10,11)/t6-/m1/s1. The molecule has 1 saturated heterocycles. The third-order valence-corrected chi connectivity index (χ3v) is 1.95. The summed E-state index contributed by atoms with van der Waals surface area (Å²) in [4.78, 5) is 10.3. The number of hydrogen-bond donors (Lipinski definition) is 3. The van der Waals surface area contributed by atoms with E-state index in [4.69, 9.17) is 5.73 Å². The lowest BCUT2D eigenvalue weighted by atomic mass is 10.2. The van der Waals surface area contributed by atoms with Crippen LogP contribution in [0.1, 0.15) is 19.3 Å². The van der Waals surface area contributed by atoms with Crippen LogP contribution in [0.15, 0.2) is 0 Å². The zero-order valence-corrected chi connectivity index (χ0v) is 6.60. The minimum Gasteiger partial charge on any atom is -0.352 e. The van der Waals surface area contributed by atoms with Crippen molar-refractivity contribution in [2.45, 2.75) is 25.3 Å². The molecule has 0 aromatic rings. The summed E-state index contributed by atoms with van der Waals surface area (Å²) in [5.41, 5.74) is 4.91. The first-order chi connectivity index (χ1) is 5.29. The molecule has 1 aliphatic rings. The number of amides is 2. The summed E-state index contributed by atoms with van der Waals surface area (Å²) < 4.78 is 0. The van der Waals surface area contributed by atoms with Crippen LogP contribution in [0.2, 0.25) is 0 Å². The molecule has 2 amide bonds. The highest BCUT2D eigenvalue weighted by Gasteiger charge is 2.12. The molecule has 4 N–H and O–H groups in total. The van der Waals surface area contributed by atoms with Crippen molar-refractivity contribution in [3.63, 3.8) is 0 Å². The summed E-state index contributed by atoms with van der Waals surface area (Å²) >= 11 is 0. The van der Waals surface area contributed by atoms with Crippen LogP contribution < -0.4 is 16.4 Å². The Morgan fingerprint density at radius 2 is 2.55 bits per heavy atom. The highest BCUT2D eigenvalue weighted by atomic mass is 16.2. The molecule has 64 valence electrons. The maximum Gasteiger partial charge on any atom is 0.312 e. The van der Waals surface area contributed by atoms with Crippen molar-refractivity contribution < 1.29 is 4.79 Å². The van der Waals surface area contributed by atoms with Gasteiger partial charge in [0.15, 0.2) is 0 Å². The molecule has 0 radical (unpaired) electrons. The van der Waals surface area contributed by atoms with Gasteiger partial charge in [0.05, 0.1) is 0 Å². The van der Waals surface area contributed by atoms with Crippen LogP contribution >= 0.6 is 0 Å². The normalized spacial score (nSPS) is 23.5. The fourth-order valence-corrected chi connectivity index (χ4v) is 1.37. The Hall–Kier alpha value is -0.770. The van der Waals surface area contributed by atoms with Gasteiger partial charge in [0.25, 0.3) is 0 Å². The monoisotopic (exact) mass is 157 g/mol. The minimum atomic E-state index is -0.428. The zero-order chi connectivity index (χ0) is 8.10. The van der Waals surface area contributed by atoms with Crippen LogP contribution in [-0.4, -0.2) is 25.2 Å². The largest absolute Gasteiger partial charge is 0.352 e. The maximum atomic E-state index is 10.3. The molecule has 4 heteroatoms. The molecule has 11 heavy (non-hydrogen) atoms. The molecule has 1 fully saturated rings. The topological polar surface area (TPSA) is 67.2 Å². The second kappa shape index (κ2) is 4.18. The predicted molar refractivity (Wildman–Crippen MR) is 43.2 cm³/mol. The van der Waals surface area contributed by atoms with Crippen molar-refractivity contribution in [2.24, 2.45) is 5.73 Å². The summed E-state index contributed by atoms with van der Waals surface area (Å²) in [6, 6.07) is 0.157. The first kappa shape index (κ1) is 8.33. The van der Waals surface area contributed by atoms with Crippen molar-refractivity contribution in [3.05, 3.63) is 0 Å². The SMILES string of the molecule is NC(=O)NCC[C@H]1CCCN1. The first-order valence-electron chi connectivity index (χ1n) is 4.06. The molecule has 1 aliphatic heterocycles. The Kier molecular flexibility index (Phi) is 3.16. The van der Waals surface area contributed by atoms with Gasteiger partial charge in [-0.05, 0) is 25.8 Å². The third-order valence-electron chi connectivity index (χ3n) is 1.95. The molecule has 4 nitrogen and oxygen atoms in total. The van der Waals surface area contributed by atoms with Crippen molar-refractivity contribution in [1.29, 1.82) is 0 Å². The fraction of sp³-hybridized carbons (Fsp3) is 0.857. The van der Waals surface area contributed by atoms with Crippen molar-refractivity contribution in [3.8, 4) is 0 Å². The highest BCUT2D eigenvalue weighted by Crippen LogP contribution is 2.07. The number of nitrogens with one attached hydrogen (secondary N) is 2. The van der Waals surface area contributed by atoms with Gasteiger partial charge in [-0.1, -0.05) is 0 Å². The van der Waals surface area contributed by atoms with Gasteiger partial charge < -0.3 is 16.4 Å². The lowest BCUT2D eigenvalue weighted by Gasteiger charge is -2.08. The van der Waals surface area contributed by atoms with E-state index >= 15 is 0 Å². The lowest BCUT2D eigenvalue weighted by molar-refractivity contribution is 0.248. The molecule has 0 saturated carbocycles. The van der Waals surface area contributed by atoms with Gasteiger partial charge in [0, 0.05) is 12.6 Å². The Labute approximate surface area is 66.5 Å². The quantitative estimate of drug-likeness (QED) is 0.531. The molecule has 0 unspecified atom stereocenters. The molecular weight excluding hydrogens is 142 g/mol. The van der Waals surface area contributed by atoms with Crippen molar-refractivity contribution in [2.75, 3.05) is 13.1 Å². The average Bonchev–Trinajstić information content (AvgIpc) is 2.39. The van der Waals surface area contributed by atoms with E-state index in [2.05, 4.69) is 10.6 Å². The molecule has 1 rings (SSSR count). The predicted octanol–water partition coefficient (Wildman–Crippen LogP) is -0.203. The van der Waals surface area contributed by atoms with E-state index < -0.39 is 6.03 Å². The molecule has 0 bridgehead atoms. The summed E-state index contributed by atoms with van der Waals surface area (Å²) in [6.07, 6.45) is 3.46. The molecule has 1 heterocycles. The van der Waals surface area contributed by atoms with Gasteiger partial charge in [0.2, 0.25) is 0 Å². The number of carbonyl (C=O) groups excluding carboxylic acids is 1. The third kappa shape index (κ3) is 3.23. The van der Waals surface area contributed by atoms with E-state index in [9.17, 15) is 4.79 Å². The van der Waals surface area contributed by atoms with Gasteiger partial charge in [0.1, 0.15) is 0 Å². The van der Waals surface area contributed by atoms with E-state index in [1.807, 2.05) is 0 Å². The summed E-state index contributed by atoms with van der Waals surface area (Å²) in [5.74, 6) is 0. The summed E-state index contributed by atoms with van der Waals surface area (Å²) in [7, 11) is 0. The summed E-state index contributed by atoms with van der Waals surface area (Å²) in [6.45, 7) is 1.80. The van der Waals surface area contributed by atoms with Crippen LogP contribution in [0.5, 0.6) is 0 Å². The number of carbonyl (C=O) groups is 1. The van der Waals surface area contributed by atoms with Crippen molar-refractivity contribution >= 4 is 6.03 Å². The van der Waals surface area contributed by atoms with Gasteiger partial charge in [-0.25, -0.2) is 4.79 Å². The highest BCUT2D eigenvalue weighted by molar-refractivity contribution is 5.71. The number of rotatable bonds is 3. The lowest BCUT2D eigenvalue weighted by Crippen LogP contribution is -2.33. The van der Waals surface area contributed by atoms with Crippen LogP contribution in [0.4, 0.5) is 4.79 Å². The van der Waals surface area contributed by atoms with E-state index in [0.29, 0.717) is 12.6 Å².